The number of rotatable bonds is 7. The van der Waals surface area contributed by atoms with Crippen molar-refractivity contribution in [3.8, 4) is 0 Å². The third-order valence-corrected chi connectivity index (χ3v) is 7.93. The molecule has 1 aromatic heterocycles. The second-order valence-corrected chi connectivity index (χ2v) is 10.2. The minimum Gasteiger partial charge on any atom is -0.451 e. The quantitative estimate of drug-likeness (QED) is 0.610. The van der Waals surface area contributed by atoms with Gasteiger partial charge in [-0.05, 0) is 76.2 Å². The average molecular weight is 438 g/mol. The zero-order valence-electron chi connectivity index (χ0n) is 19.5. The molecule has 5 nitrogen and oxygen atoms in total. The molecule has 3 fully saturated rings. The Hall–Kier alpha value is -1.85. The third-order valence-electron chi connectivity index (χ3n) is 7.93. The molecule has 0 bridgehead atoms. The van der Waals surface area contributed by atoms with Gasteiger partial charge in [0.2, 0.25) is 0 Å². The van der Waals surface area contributed by atoms with Gasteiger partial charge in [-0.15, -0.1) is 0 Å². The number of likely N-dealkylation sites (tertiary alicyclic amines) is 2. The SMILES string of the molecule is O=C(c1cc2ccccc2o1)N(CCN1CCCCC1)C[C@@H]1CCCN(C2CCCC2)C1. The fourth-order valence-electron chi connectivity index (χ4n) is 6.12. The van der Waals surface area contributed by atoms with E-state index in [2.05, 4.69) is 14.7 Å². The summed E-state index contributed by atoms with van der Waals surface area (Å²) < 4.78 is 5.98. The van der Waals surface area contributed by atoms with Crippen molar-refractivity contribution in [3.05, 3.63) is 36.1 Å². The van der Waals surface area contributed by atoms with Gasteiger partial charge in [-0.2, -0.15) is 0 Å². The first-order valence-electron chi connectivity index (χ1n) is 13.0. The first-order chi connectivity index (χ1) is 15.8. The number of nitrogens with zero attached hydrogens (tertiary/aromatic N) is 3. The summed E-state index contributed by atoms with van der Waals surface area (Å²) >= 11 is 0. The predicted molar refractivity (Wildman–Crippen MR) is 129 cm³/mol. The van der Waals surface area contributed by atoms with Crippen molar-refractivity contribution in [1.29, 1.82) is 0 Å². The number of hydrogen-bond acceptors (Lipinski definition) is 4. The fraction of sp³-hybridized carbons (Fsp3) is 0.667. The molecule has 3 aliphatic rings. The van der Waals surface area contributed by atoms with Crippen LogP contribution in [-0.2, 0) is 0 Å². The van der Waals surface area contributed by atoms with Crippen LogP contribution in [0.25, 0.3) is 11.0 Å². The number of para-hydroxylation sites is 1. The molecule has 0 spiro atoms. The number of fused-ring (bicyclic) bond motifs is 1. The van der Waals surface area contributed by atoms with E-state index in [9.17, 15) is 4.79 Å². The van der Waals surface area contributed by atoms with E-state index < -0.39 is 0 Å². The van der Waals surface area contributed by atoms with Gasteiger partial charge in [0.25, 0.3) is 5.91 Å². The van der Waals surface area contributed by atoms with Crippen LogP contribution in [0.15, 0.2) is 34.7 Å². The first kappa shape index (κ1) is 22.0. The molecule has 1 amide bonds. The molecule has 0 unspecified atom stereocenters. The van der Waals surface area contributed by atoms with E-state index in [4.69, 9.17) is 4.42 Å². The number of furan rings is 1. The number of carbonyl (C=O) groups excluding carboxylic acids is 1. The zero-order chi connectivity index (χ0) is 21.8. The standard InChI is InChI=1S/C27H39N3O2/c31-27(26-19-23-10-2-5-13-25(23)32-26)30(18-17-28-14-6-1-7-15-28)21-22-9-8-16-29(20-22)24-11-3-4-12-24/h2,5,10,13,19,22,24H,1,3-4,6-9,11-12,14-18,20-21H2/t22-/m1/s1. The number of benzene rings is 1. The summed E-state index contributed by atoms with van der Waals surface area (Å²) in [6.45, 7) is 7.37. The van der Waals surface area contributed by atoms with Crippen LogP contribution >= 0.6 is 0 Å². The Kier molecular flexibility index (Phi) is 7.13. The topological polar surface area (TPSA) is 39.9 Å². The van der Waals surface area contributed by atoms with Crippen LogP contribution in [0.1, 0.15) is 68.3 Å². The normalized spacial score (nSPS) is 23.7. The zero-order valence-corrected chi connectivity index (χ0v) is 19.5. The van der Waals surface area contributed by atoms with Gasteiger partial charge in [0.15, 0.2) is 5.76 Å². The highest BCUT2D eigenvalue weighted by molar-refractivity contribution is 5.96. The van der Waals surface area contributed by atoms with Gasteiger partial charge in [-0.3, -0.25) is 4.79 Å². The summed E-state index contributed by atoms with van der Waals surface area (Å²) in [5.74, 6) is 1.13. The highest BCUT2D eigenvalue weighted by Gasteiger charge is 2.30. The molecule has 5 rings (SSSR count). The highest BCUT2D eigenvalue weighted by Crippen LogP contribution is 2.29. The summed E-state index contributed by atoms with van der Waals surface area (Å²) in [6.07, 6.45) is 11.9. The van der Waals surface area contributed by atoms with Crippen LogP contribution in [0.5, 0.6) is 0 Å². The van der Waals surface area contributed by atoms with Gasteiger partial charge in [0.1, 0.15) is 5.58 Å². The van der Waals surface area contributed by atoms with Gasteiger partial charge in [-0.25, -0.2) is 0 Å². The van der Waals surface area contributed by atoms with Gasteiger partial charge in [0.05, 0.1) is 0 Å². The van der Waals surface area contributed by atoms with Crippen LogP contribution in [-0.4, -0.2) is 72.5 Å². The van der Waals surface area contributed by atoms with Crippen molar-refractivity contribution in [3.63, 3.8) is 0 Å². The van der Waals surface area contributed by atoms with E-state index in [-0.39, 0.29) is 5.91 Å². The van der Waals surface area contributed by atoms with Crippen LogP contribution < -0.4 is 0 Å². The lowest BCUT2D eigenvalue weighted by atomic mass is 9.95. The van der Waals surface area contributed by atoms with E-state index in [1.54, 1.807) is 0 Å². The van der Waals surface area contributed by atoms with Gasteiger partial charge >= 0.3 is 0 Å². The van der Waals surface area contributed by atoms with Crippen LogP contribution in [0.4, 0.5) is 0 Å². The maximum absolute atomic E-state index is 13.6. The van der Waals surface area contributed by atoms with Crippen LogP contribution in [0.3, 0.4) is 0 Å². The molecular formula is C27H39N3O2. The summed E-state index contributed by atoms with van der Waals surface area (Å²) in [4.78, 5) is 21.0. The van der Waals surface area contributed by atoms with Gasteiger partial charge in [0, 0.05) is 37.6 Å². The molecule has 1 aromatic carbocycles. The number of carbonyl (C=O) groups is 1. The van der Waals surface area contributed by atoms with Gasteiger partial charge < -0.3 is 19.1 Å². The van der Waals surface area contributed by atoms with E-state index in [1.165, 1.54) is 77.4 Å². The lowest BCUT2D eigenvalue weighted by molar-refractivity contribution is 0.0584. The summed E-state index contributed by atoms with van der Waals surface area (Å²) in [6, 6.07) is 10.6. The van der Waals surface area contributed by atoms with Crippen molar-refractivity contribution >= 4 is 16.9 Å². The van der Waals surface area contributed by atoms with Crippen LogP contribution in [0.2, 0.25) is 0 Å². The Bertz CT molecular complexity index is 849. The number of amides is 1. The minimum atomic E-state index is 0.0659. The predicted octanol–water partition coefficient (Wildman–Crippen LogP) is 5.02. The van der Waals surface area contributed by atoms with Crippen LogP contribution in [0, 0.1) is 5.92 Å². The molecule has 2 saturated heterocycles. The number of piperidine rings is 2. The maximum Gasteiger partial charge on any atom is 0.289 e. The van der Waals surface area contributed by atoms with E-state index in [0.29, 0.717) is 11.7 Å². The van der Waals surface area contributed by atoms with Crippen molar-refractivity contribution in [2.45, 2.75) is 63.8 Å². The second kappa shape index (κ2) is 10.4. The lowest BCUT2D eigenvalue weighted by Crippen LogP contribution is -2.47. The second-order valence-electron chi connectivity index (χ2n) is 10.2. The largest absolute Gasteiger partial charge is 0.451 e. The van der Waals surface area contributed by atoms with Crippen molar-refractivity contribution in [2.75, 3.05) is 45.8 Å². The molecule has 5 heteroatoms. The molecule has 1 aliphatic carbocycles. The summed E-state index contributed by atoms with van der Waals surface area (Å²) in [5.41, 5.74) is 0.803. The van der Waals surface area contributed by atoms with Crippen molar-refractivity contribution < 1.29 is 9.21 Å². The number of hydrogen-bond donors (Lipinski definition) is 0. The Morgan fingerprint density at radius 2 is 1.78 bits per heavy atom. The van der Waals surface area contributed by atoms with E-state index in [0.717, 1.165) is 43.2 Å². The lowest BCUT2D eigenvalue weighted by Gasteiger charge is -2.39. The first-order valence-corrected chi connectivity index (χ1v) is 13.0. The average Bonchev–Trinajstić information content (AvgIpc) is 3.52. The molecule has 2 aliphatic heterocycles. The maximum atomic E-state index is 13.6. The van der Waals surface area contributed by atoms with E-state index in [1.807, 2.05) is 30.3 Å². The summed E-state index contributed by atoms with van der Waals surface area (Å²) in [7, 11) is 0. The smallest absolute Gasteiger partial charge is 0.289 e. The van der Waals surface area contributed by atoms with Crippen molar-refractivity contribution in [1.82, 2.24) is 14.7 Å². The Balaban J connectivity index is 1.28. The minimum absolute atomic E-state index is 0.0659. The Morgan fingerprint density at radius 3 is 2.59 bits per heavy atom. The van der Waals surface area contributed by atoms with E-state index >= 15 is 0 Å². The Labute approximate surface area is 192 Å². The third kappa shape index (κ3) is 5.20. The molecular weight excluding hydrogens is 398 g/mol. The molecule has 174 valence electrons. The summed E-state index contributed by atoms with van der Waals surface area (Å²) in [5, 5.41) is 1.01. The molecule has 2 aromatic rings. The fourth-order valence-corrected chi connectivity index (χ4v) is 6.12. The highest BCUT2D eigenvalue weighted by atomic mass is 16.3. The molecule has 0 N–H and O–H groups in total. The molecule has 0 radical (unpaired) electrons. The van der Waals surface area contributed by atoms with Gasteiger partial charge in [-0.1, -0.05) is 37.5 Å². The monoisotopic (exact) mass is 437 g/mol. The molecule has 1 saturated carbocycles. The van der Waals surface area contributed by atoms with Crippen molar-refractivity contribution in [2.24, 2.45) is 5.92 Å². The molecule has 1 atom stereocenters. The Morgan fingerprint density at radius 1 is 0.969 bits per heavy atom. The molecule has 3 heterocycles. The molecule has 32 heavy (non-hydrogen) atoms.